The zero-order valence-corrected chi connectivity index (χ0v) is 16.5. The van der Waals surface area contributed by atoms with Gasteiger partial charge in [-0.05, 0) is 49.2 Å². The van der Waals surface area contributed by atoms with Gasteiger partial charge in [0.25, 0.3) is 11.5 Å². The van der Waals surface area contributed by atoms with Crippen LogP contribution in [0.25, 0.3) is 10.9 Å². The summed E-state index contributed by atoms with van der Waals surface area (Å²) in [6.07, 6.45) is 5.01. The quantitative estimate of drug-likeness (QED) is 0.619. The number of fused-ring (bicyclic) bond motifs is 2. The average molecular weight is 405 g/mol. The van der Waals surface area contributed by atoms with Crippen molar-refractivity contribution in [1.29, 1.82) is 0 Å². The molecule has 3 aromatic rings. The lowest BCUT2D eigenvalue weighted by Crippen LogP contribution is -2.26. The van der Waals surface area contributed by atoms with Crippen molar-refractivity contribution in [1.82, 2.24) is 9.55 Å². The molecular weight excluding hydrogens is 382 g/mol. The number of hydrogen-bond acceptors (Lipinski definition) is 4. The molecule has 30 heavy (non-hydrogen) atoms. The van der Waals surface area contributed by atoms with Crippen LogP contribution in [0, 0.1) is 0 Å². The minimum absolute atomic E-state index is 0.0471. The Hall–Kier alpha value is -3.68. The van der Waals surface area contributed by atoms with Crippen molar-refractivity contribution in [3.8, 4) is 0 Å². The molecular formula is C22H23N5O3. The van der Waals surface area contributed by atoms with Crippen LogP contribution >= 0.6 is 0 Å². The number of nitrogens with zero attached hydrogens (tertiary/aromatic N) is 2. The molecule has 2 heterocycles. The zero-order valence-electron chi connectivity index (χ0n) is 16.5. The summed E-state index contributed by atoms with van der Waals surface area (Å²) in [5.41, 5.74) is 7.00. The summed E-state index contributed by atoms with van der Waals surface area (Å²) in [5, 5.41) is 5.77. The molecule has 0 radical (unpaired) electrons. The number of amides is 3. The van der Waals surface area contributed by atoms with Gasteiger partial charge in [0.1, 0.15) is 5.82 Å². The highest BCUT2D eigenvalue weighted by molar-refractivity contribution is 6.06. The van der Waals surface area contributed by atoms with Crippen LogP contribution in [0.2, 0.25) is 0 Å². The summed E-state index contributed by atoms with van der Waals surface area (Å²) in [7, 11) is 0. The molecule has 8 nitrogen and oxygen atoms in total. The maximum absolute atomic E-state index is 12.9. The van der Waals surface area contributed by atoms with Crippen LogP contribution in [0.1, 0.15) is 41.9 Å². The maximum atomic E-state index is 12.9. The van der Waals surface area contributed by atoms with E-state index in [-0.39, 0.29) is 11.5 Å². The Balaban J connectivity index is 1.63. The lowest BCUT2D eigenvalue weighted by molar-refractivity contribution is 0.102. The third-order valence-corrected chi connectivity index (χ3v) is 5.22. The number of hydrogen-bond donors (Lipinski definition) is 3. The number of carbonyl (C=O) groups is 2. The SMILES string of the molecule is NC(=O)Nc1cccc(NC(=O)c2ccc3c(=O)n4c(nc3c2)CCCCCC4)c1. The molecule has 0 aliphatic carbocycles. The Bertz CT molecular complexity index is 1190. The number of nitrogens with one attached hydrogen (secondary N) is 2. The molecule has 2 aromatic carbocycles. The first-order valence-corrected chi connectivity index (χ1v) is 10.0. The average Bonchev–Trinajstić information content (AvgIpc) is 2.69. The molecule has 0 bridgehead atoms. The summed E-state index contributed by atoms with van der Waals surface area (Å²) in [5.74, 6) is 0.455. The van der Waals surface area contributed by atoms with Gasteiger partial charge >= 0.3 is 6.03 Å². The number of urea groups is 1. The summed E-state index contributed by atoms with van der Waals surface area (Å²) in [6.45, 7) is 0.690. The molecule has 1 aliphatic rings. The largest absolute Gasteiger partial charge is 0.351 e. The first-order valence-electron chi connectivity index (χ1n) is 10.0. The van der Waals surface area contributed by atoms with Crippen molar-refractivity contribution in [2.24, 2.45) is 5.73 Å². The number of aryl methyl sites for hydroxylation is 1. The van der Waals surface area contributed by atoms with Gasteiger partial charge in [0.05, 0.1) is 10.9 Å². The Morgan fingerprint density at radius 3 is 2.53 bits per heavy atom. The van der Waals surface area contributed by atoms with E-state index in [0.29, 0.717) is 34.4 Å². The Morgan fingerprint density at radius 1 is 0.967 bits per heavy atom. The fourth-order valence-corrected chi connectivity index (χ4v) is 3.76. The third-order valence-electron chi connectivity index (χ3n) is 5.22. The fraction of sp³-hybridized carbons (Fsp3) is 0.273. The van der Waals surface area contributed by atoms with E-state index in [2.05, 4.69) is 10.6 Å². The van der Waals surface area contributed by atoms with Gasteiger partial charge in [-0.15, -0.1) is 0 Å². The van der Waals surface area contributed by atoms with Crippen LogP contribution in [0.4, 0.5) is 16.2 Å². The Morgan fingerprint density at radius 2 is 1.73 bits per heavy atom. The molecule has 0 atom stereocenters. The van der Waals surface area contributed by atoms with Gasteiger partial charge in [-0.3, -0.25) is 14.2 Å². The lowest BCUT2D eigenvalue weighted by atomic mass is 10.1. The van der Waals surface area contributed by atoms with E-state index < -0.39 is 6.03 Å². The van der Waals surface area contributed by atoms with Crippen molar-refractivity contribution in [3.05, 3.63) is 64.2 Å². The molecule has 0 saturated heterocycles. The topological polar surface area (TPSA) is 119 Å². The van der Waals surface area contributed by atoms with Gasteiger partial charge in [0.2, 0.25) is 0 Å². The van der Waals surface area contributed by atoms with E-state index in [0.717, 1.165) is 37.9 Å². The molecule has 1 aliphatic heterocycles. The van der Waals surface area contributed by atoms with E-state index >= 15 is 0 Å². The second-order valence-corrected chi connectivity index (χ2v) is 7.41. The number of anilines is 2. The molecule has 4 rings (SSSR count). The molecule has 0 fully saturated rings. The highest BCUT2D eigenvalue weighted by Gasteiger charge is 2.15. The van der Waals surface area contributed by atoms with Crippen LogP contribution < -0.4 is 21.9 Å². The fourth-order valence-electron chi connectivity index (χ4n) is 3.76. The van der Waals surface area contributed by atoms with Crippen molar-refractivity contribution in [3.63, 3.8) is 0 Å². The van der Waals surface area contributed by atoms with Crippen molar-refractivity contribution in [2.45, 2.75) is 38.6 Å². The van der Waals surface area contributed by atoms with Crippen molar-refractivity contribution in [2.75, 3.05) is 10.6 Å². The van der Waals surface area contributed by atoms with Crippen molar-refractivity contribution < 1.29 is 9.59 Å². The maximum Gasteiger partial charge on any atom is 0.316 e. The number of primary amides is 1. The van der Waals surface area contributed by atoms with Crippen LogP contribution in [-0.2, 0) is 13.0 Å². The van der Waals surface area contributed by atoms with Crippen LogP contribution in [0.5, 0.6) is 0 Å². The first kappa shape index (κ1) is 19.6. The standard InChI is InChI=1S/C22H23N5O3/c23-22(30)25-16-7-5-6-15(13-16)24-20(28)14-9-10-17-18(12-14)26-19-8-3-1-2-4-11-27(19)21(17)29/h5-7,9-10,12-13H,1-4,8,11H2,(H,24,28)(H3,23,25,30). The lowest BCUT2D eigenvalue weighted by Gasteiger charge is -2.16. The molecule has 3 amide bonds. The second-order valence-electron chi connectivity index (χ2n) is 7.41. The van der Waals surface area contributed by atoms with E-state index in [1.807, 2.05) is 0 Å². The summed E-state index contributed by atoms with van der Waals surface area (Å²) >= 11 is 0. The van der Waals surface area contributed by atoms with Gasteiger partial charge in [-0.1, -0.05) is 18.9 Å². The van der Waals surface area contributed by atoms with Gasteiger partial charge in [-0.25, -0.2) is 9.78 Å². The summed E-state index contributed by atoms with van der Waals surface area (Å²) in [6, 6.07) is 10.9. The van der Waals surface area contributed by atoms with Crippen LogP contribution in [0.15, 0.2) is 47.3 Å². The Kier molecular flexibility index (Phi) is 5.47. The molecule has 4 N–H and O–H groups in total. The Labute approximate surface area is 173 Å². The minimum atomic E-state index is -0.680. The van der Waals surface area contributed by atoms with Crippen LogP contribution in [0.3, 0.4) is 0 Å². The van der Waals surface area contributed by atoms with Gasteiger partial charge in [-0.2, -0.15) is 0 Å². The number of benzene rings is 2. The van der Waals surface area contributed by atoms with E-state index in [4.69, 9.17) is 10.7 Å². The van der Waals surface area contributed by atoms with Crippen molar-refractivity contribution >= 4 is 34.2 Å². The molecule has 0 unspecified atom stereocenters. The first-order chi connectivity index (χ1) is 14.5. The number of rotatable bonds is 3. The normalized spacial score (nSPS) is 13.7. The van der Waals surface area contributed by atoms with Gasteiger partial charge in [0, 0.05) is 29.9 Å². The molecule has 0 saturated carbocycles. The zero-order chi connectivity index (χ0) is 21.1. The number of carbonyl (C=O) groups excluding carboxylic acids is 2. The summed E-state index contributed by atoms with van der Waals surface area (Å²) < 4.78 is 1.78. The van der Waals surface area contributed by atoms with Crippen LogP contribution in [-0.4, -0.2) is 21.5 Å². The van der Waals surface area contributed by atoms with Gasteiger partial charge < -0.3 is 16.4 Å². The monoisotopic (exact) mass is 405 g/mol. The van der Waals surface area contributed by atoms with Gasteiger partial charge in [0.15, 0.2) is 0 Å². The number of aromatic nitrogens is 2. The third kappa shape index (κ3) is 4.17. The molecule has 154 valence electrons. The molecule has 0 spiro atoms. The molecule has 8 heteroatoms. The van der Waals surface area contributed by atoms with E-state index in [9.17, 15) is 14.4 Å². The molecule has 1 aromatic heterocycles. The smallest absolute Gasteiger partial charge is 0.316 e. The minimum Gasteiger partial charge on any atom is -0.351 e. The number of nitrogens with two attached hydrogens (primary N) is 1. The highest BCUT2D eigenvalue weighted by atomic mass is 16.2. The van der Waals surface area contributed by atoms with E-state index in [1.54, 1.807) is 47.0 Å². The van der Waals surface area contributed by atoms with E-state index in [1.165, 1.54) is 0 Å². The highest BCUT2D eigenvalue weighted by Crippen LogP contribution is 2.19. The predicted octanol–water partition coefficient (Wildman–Crippen LogP) is 3.26. The second kappa shape index (κ2) is 8.36. The summed E-state index contributed by atoms with van der Waals surface area (Å²) in [4.78, 5) is 41.3. The predicted molar refractivity (Wildman–Crippen MR) is 116 cm³/mol.